The zero-order valence-corrected chi connectivity index (χ0v) is 23.6. The zero-order chi connectivity index (χ0) is 27.6. The number of likely N-dealkylation sites (tertiary alicyclic amines) is 1. The average molecular weight is 547 g/mol. The third-order valence-corrected chi connectivity index (χ3v) is 7.89. The number of rotatable bonds is 12. The third kappa shape index (κ3) is 8.18. The maximum absolute atomic E-state index is 13.3. The summed E-state index contributed by atoms with van der Waals surface area (Å²) in [5.41, 5.74) is 5.59. The molecule has 1 heterocycles. The van der Waals surface area contributed by atoms with Crippen molar-refractivity contribution in [1.82, 2.24) is 10.2 Å². The monoisotopic (exact) mass is 546 g/mol. The summed E-state index contributed by atoms with van der Waals surface area (Å²) in [6.07, 6.45) is 4.48. The van der Waals surface area contributed by atoms with Crippen molar-refractivity contribution in [2.75, 3.05) is 25.1 Å². The number of hydrogen-bond acceptors (Lipinski definition) is 5. The molecule has 0 radical (unpaired) electrons. The second-order valence-corrected chi connectivity index (χ2v) is 11.1. The van der Waals surface area contributed by atoms with Crippen LogP contribution in [0.2, 0.25) is 0 Å². The fourth-order valence-corrected chi connectivity index (χ4v) is 5.47. The third-order valence-electron chi connectivity index (χ3n) is 7.25. The van der Waals surface area contributed by atoms with Crippen LogP contribution in [0.1, 0.15) is 46.3 Å². The molecular formula is C32H38N2O4S. The lowest BCUT2D eigenvalue weighted by Gasteiger charge is -2.32. The van der Waals surface area contributed by atoms with Crippen LogP contribution in [-0.2, 0) is 22.7 Å². The molecule has 0 bridgehead atoms. The molecule has 4 rings (SSSR count). The van der Waals surface area contributed by atoms with Gasteiger partial charge in [-0.2, -0.15) is 11.8 Å². The molecule has 7 heteroatoms. The van der Waals surface area contributed by atoms with Crippen molar-refractivity contribution in [2.24, 2.45) is 0 Å². The highest BCUT2D eigenvalue weighted by molar-refractivity contribution is 7.98. The molecule has 1 unspecified atom stereocenters. The Morgan fingerprint density at radius 3 is 2.41 bits per heavy atom. The number of aliphatic carboxylic acids is 1. The first-order valence-electron chi connectivity index (χ1n) is 13.5. The van der Waals surface area contributed by atoms with Gasteiger partial charge in [-0.05, 0) is 78.1 Å². The number of carbonyl (C=O) groups is 2. The molecular weight excluding hydrogens is 508 g/mol. The summed E-state index contributed by atoms with van der Waals surface area (Å²) in [5, 5.41) is 12.3. The highest BCUT2D eigenvalue weighted by Gasteiger charge is 2.23. The van der Waals surface area contributed by atoms with Gasteiger partial charge >= 0.3 is 5.97 Å². The zero-order valence-electron chi connectivity index (χ0n) is 22.8. The van der Waals surface area contributed by atoms with Crippen molar-refractivity contribution in [3.05, 3.63) is 95.1 Å². The Kier molecular flexibility index (Phi) is 10.6. The molecule has 0 aliphatic carbocycles. The summed E-state index contributed by atoms with van der Waals surface area (Å²) in [4.78, 5) is 27.5. The quantitative estimate of drug-likeness (QED) is 0.300. The van der Waals surface area contributed by atoms with E-state index in [0.717, 1.165) is 54.7 Å². The van der Waals surface area contributed by atoms with Gasteiger partial charge in [-0.3, -0.25) is 9.69 Å². The van der Waals surface area contributed by atoms with Gasteiger partial charge in [-0.25, -0.2) is 4.79 Å². The van der Waals surface area contributed by atoms with Gasteiger partial charge in [0.15, 0.2) is 0 Å². The first kappa shape index (κ1) is 28.9. The van der Waals surface area contributed by atoms with Crippen LogP contribution >= 0.6 is 11.8 Å². The van der Waals surface area contributed by atoms with E-state index in [1.54, 1.807) is 17.8 Å². The Balaban J connectivity index is 1.44. The summed E-state index contributed by atoms with van der Waals surface area (Å²) in [6.45, 7) is 5.47. The number of carboxylic acids is 1. The summed E-state index contributed by atoms with van der Waals surface area (Å²) >= 11 is 1.56. The molecule has 1 atom stereocenters. The van der Waals surface area contributed by atoms with Gasteiger partial charge in [-0.1, -0.05) is 60.7 Å². The van der Waals surface area contributed by atoms with E-state index < -0.39 is 12.0 Å². The van der Waals surface area contributed by atoms with Crippen molar-refractivity contribution < 1.29 is 19.4 Å². The minimum atomic E-state index is -1.02. The van der Waals surface area contributed by atoms with Gasteiger partial charge in [0, 0.05) is 25.2 Å². The number of carboxylic acid groups (broad SMARTS) is 1. The number of aryl methyl sites for hydroxylation is 1. The molecule has 1 aliphatic heterocycles. The Labute approximate surface area is 235 Å². The standard InChI is InChI=1S/C32H38N2O4S/c1-23-8-6-7-11-27(23)29-20-25(12-13-28(29)31(35)33-30(32(36)37)16-19-39-2)22-38-26-14-17-34(18-15-26)21-24-9-4-3-5-10-24/h3-13,20,26,30H,14-19,21-22H2,1-2H3,(H,33,35)(H,36,37). The number of nitrogens with zero attached hydrogens (tertiary/aromatic N) is 1. The molecule has 3 aromatic carbocycles. The van der Waals surface area contributed by atoms with Crippen LogP contribution < -0.4 is 5.32 Å². The summed E-state index contributed by atoms with van der Waals surface area (Å²) in [7, 11) is 0. The maximum atomic E-state index is 13.3. The fraction of sp³-hybridized carbons (Fsp3) is 0.375. The minimum Gasteiger partial charge on any atom is -0.480 e. The number of ether oxygens (including phenoxy) is 1. The number of hydrogen-bond donors (Lipinski definition) is 2. The van der Waals surface area contributed by atoms with E-state index in [1.807, 2.05) is 55.6 Å². The second kappa shape index (κ2) is 14.3. The minimum absolute atomic E-state index is 0.203. The molecule has 1 amide bonds. The van der Waals surface area contributed by atoms with Crippen LogP contribution in [0.3, 0.4) is 0 Å². The van der Waals surface area contributed by atoms with Crippen LogP contribution in [0.25, 0.3) is 11.1 Å². The maximum Gasteiger partial charge on any atom is 0.326 e. The van der Waals surface area contributed by atoms with Crippen LogP contribution in [0, 0.1) is 6.92 Å². The lowest BCUT2D eigenvalue weighted by atomic mass is 9.93. The molecule has 3 aromatic rings. The van der Waals surface area contributed by atoms with Gasteiger partial charge in [0.05, 0.1) is 12.7 Å². The molecule has 0 aromatic heterocycles. The fourth-order valence-electron chi connectivity index (χ4n) is 5.00. The van der Waals surface area contributed by atoms with Crippen molar-refractivity contribution in [1.29, 1.82) is 0 Å². The molecule has 0 spiro atoms. The highest BCUT2D eigenvalue weighted by Crippen LogP contribution is 2.29. The summed E-state index contributed by atoms with van der Waals surface area (Å²) < 4.78 is 6.32. The van der Waals surface area contributed by atoms with E-state index in [0.29, 0.717) is 24.3 Å². The Bertz CT molecular complexity index is 1240. The Hall–Kier alpha value is -3.13. The number of benzene rings is 3. The molecule has 0 saturated carbocycles. The SMILES string of the molecule is CSCCC(NC(=O)c1ccc(COC2CCN(Cc3ccccc3)CC2)cc1-c1ccccc1C)C(=O)O. The lowest BCUT2D eigenvalue weighted by Crippen LogP contribution is -2.41. The smallest absolute Gasteiger partial charge is 0.326 e. The Morgan fingerprint density at radius 1 is 1.00 bits per heavy atom. The van der Waals surface area contributed by atoms with E-state index in [1.165, 1.54) is 5.56 Å². The largest absolute Gasteiger partial charge is 0.480 e. The molecule has 39 heavy (non-hydrogen) atoms. The normalized spacial score (nSPS) is 15.1. The number of amides is 1. The molecule has 1 aliphatic rings. The van der Waals surface area contributed by atoms with Crippen molar-refractivity contribution in [3.8, 4) is 11.1 Å². The van der Waals surface area contributed by atoms with E-state index in [9.17, 15) is 14.7 Å². The number of carbonyl (C=O) groups excluding carboxylic acids is 1. The highest BCUT2D eigenvalue weighted by atomic mass is 32.2. The number of thioether (sulfide) groups is 1. The van der Waals surface area contributed by atoms with Gasteiger partial charge in [0.25, 0.3) is 5.91 Å². The predicted molar refractivity (Wildman–Crippen MR) is 158 cm³/mol. The summed E-state index contributed by atoms with van der Waals surface area (Å²) in [5.74, 6) is -0.738. The number of nitrogens with one attached hydrogen (secondary N) is 1. The predicted octanol–water partition coefficient (Wildman–Crippen LogP) is 5.78. The Morgan fingerprint density at radius 2 is 1.72 bits per heavy atom. The lowest BCUT2D eigenvalue weighted by molar-refractivity contribution is -0.139. The topological polar surface area (TPSA) is 78.9 Å². The average Bonchev–Trinajstić information content (AvgIpc) is 2.95. The number of piperidine rings is 1. The van der Waals surface area contributed by atoms with E-state index in [4.69, 9.17) is 4.74 Å². The van der Waals surface area contributed by atoms with E-state index in [-0.39, 0.29) is 12.0 Å². The van der Waals surface area contributed by atoms with Gasteiger partial charge < -0.3 is 15.2 Å². The molecule has 1 fully saturated rings. The van der Waals surface area contributed by atoms with Gasteiger partial charge in [0.1, 0.15) is 6.04 Å². The van der Waals surface area contributed by atoms with Crippen molar-refractivity contribution in [3.63, 3.8) is 0 Å². The first-order chi connectivity index (χ1) is 18.9. The van der Waals surface area contributed by atoms with E-state index >= 15 is 0 Å². The van der Waals surface area contributed by atoms with Crippen molar-refractivity contribution >= 4 is 23.6 Å². The van der Waals surface area contributed by atoms with Gasteiger partial charge in [-0.15, -0.1) is 0 Å². The van der Waals surface area contributed by atoms with Crippen LogP contribution in [0.4, 0.5) is 0 Å². The van der Waals surface area contributed by atoms with Gasteiger partial charge in [0.2, 0.25) is 0 Å². The molecule has 2 N–H and O–H groups in total. The van der Waals surface area contributed by atoms with Crippen LogP contribution in [0.5, 0.6) is 0 Å². The second-order valence-electron chi connectivity index (χ2n) is 10.1. The van der Waals surface area contributed by atoms with E-state index in [2.05, 4.69) is 34.5 Å². The van der Waals surface area contributed by atoms with Crippen LogP contribution in [-0.4, -0.2) is 59.1 Å². The van der Waals surface area contributed by atoms with Crippen LogP contribution in [0.15, 0.2) is 72.8 Å². The van der Waals surface area contributed by atoms with Crippen molar-refractivity contribution in [2.45, 2.75) is 51.5 Å². The summed E-state index contributed by atoms with van der Waals surface area (Å²) in [6, 6.07) is 23.3. The molecule has 206 valence electrons. The molecule has 1 saturated heterocycles. The first-order valence-corrected chi connectivity index (χ1v) is 14.9. The molecule has 6 nitrogen and oxygen atoms in total.